The highest BCUT2D eigenvalue weighted by Crippen LogP contribution is 2.40. The van der Waals surface area contributed by atoms with Crippen molar-refractivity contribution < 1.29 is 31.1 Å². The summed E-state index contributed by atoms with van der Waals surface area (Å²) in [6.07, 6.45) is -6.41. The molecule has 1 aliphatic carbocycles. The summed E-state index contributed by atoms with van der Waals surface area (Å²) in [5.41, 5.74) is -3.12. The molecule has 0 unspecified atom stereocenters. The van der Waals surface area contributed by atoms with Crippen LogP contribution in [0.5, 0.6) is 0 Å². The molecular formula is C22H18F6N2O2. The summed E-state index contributed by atoms with van der Waals surface area (Å²) in [5, 5.41) is 2.62. The van der Waals surface area contributed by atoms with Gasteiger partial charge in [-0.25, -0.2) is 0 Å². The van der Waals surface area contributed by atoms with E-state index in [4.69, 9.17) is 0 Å². The van der Waals surface area contributed by atoms with Crippen LogP contribution in [-0.2, 0) is 17.1 Å². The lowest BCUT2D eigenvalue weighted by Gasteiger charge is -2.17. The Hall–Kier alpha value is -3.04. The van der Waals surface area contributed by atoms with Crippen molar-refractivity contribution in [3.63, 3.8) is 0 Å². The second kappa shape index (κ2) is 7.83. The standard InChI is InChI=1S/C22H18F6N2O2/c23-21(24,25)13-7-12(8-14(9-13)22(26,27)28)17(10-15-3-6-19(31)29-15)18-5-4-16(11-1-2-11)20(32)30-18/h4-5,7-11,15H,1-3,6H2,(H,29,31)(H,30,32)/b17-10+/t15-/m1/s1. The third-order valence-electron chi connectivity index (χ3n) is 5.54. The number of carbonyl (C=O) groups excluding carboxylic acids is 1. The van der Waals surface area contributed by atoms with Gasteiger partial charge < -0.3 is 10.3 Å². The first-order valence-electron chi connectivity index (χ1n) is 9.96. The van der Waals surface area contributed by atoms with Crippen molar-refractivity contribution in [2.45, 2.75) is 50.0 Å². The first kappa shape index (κ1) is 22.2. The molecule has 170 valence electrons. The molecule has 2 heterocycles. The van der Waals surface area contributed by atoms with Crippen molar-refractivity contribution in [1.29, 1.82) is 0 Å². The quantitative estimate of drug-likeness (QED) is 0.637. The second-order valence-corrected chi connectivity index (χ2v) is 8.02. The van der Waals surface area contributed by atoms with Crippen molar-refractivity contribution in [3.05, 3.63) is 74.7 Å². The maximum absolute atomic E-state index is 13.4. The van der Waals surface area contributed by atoms with Crippen molar-refractivity contribution in [2.24, 2.45) is 0 Å². The highest BCUT2D eigenvalue weighted by Gasteiger charge is 2.37. The molecule has 2 N–H and O–H groups in total. The van der Waals surface area contributed by atoms with Gasteiger partial charge >= 0.3 is 12.4 Å². The number of rotatable bonds is 4. The van der Waals surface area contributed by atoms with Gasteiger partial charge in [-0.2, -0.15) is 26.3 Å². The zero-order chi connectivity index (χ0) is 23.3. The molecule has 32 heavy (non-hydrogen) atoms. The van der Waals surface area contributed by atoms with E-state index < -0.39 is 35.1 Å². The fourth-order valence-corrected chi connectivity index (χ4v) is 3.77. The molecule has 2 aliphatic rings. The van der Waals surface area contributed by atoms with E-state index in [1.807, 2.05) is 0 Å². The Balaban J connectivity index is 1.88. The van der Waals surface area contributed by atoms with Gasteiger partial charge in [0.15, 0.2) is 0 Å². The van der Waals surface area contributed by atoms with Crippen LogP contribution in [0.1, 0.15) is 59.5 Å². The zero-order valence-corrected chi connectivity index (χ0v) is 16.5. The molecule has 1 saturated carbocycles. The average molecular weight is 456 g/mol. The summed E-state index contributed by atoms with van der Waals surface area (Å²) in [5.74, 6) is -0.164. The van der Waals surface area contributed by atoms with Gasteiger partial charge in [0.1, 0.15) is 0 Å². The van der Waals surface area contributed by atoms with E-state index in [2.05, 4.69) is 10.3 Å². The second-order valence-electron chi connectivity index (χ2n) is 8.02. The minimum atomic E-state index is -5.01. The smallest absolute Gasteiger partial charge is 0.350 e. The lowest BCUT2D eigenvalue weighted by atomic mass is 9.94. The Morgan fingerprint density at radius 1 is 0.906 bits per heavy atom. The normalized spacial score (nSPS) is 19.9. The molecule has 1 amide bonds. The molecule has 0 spiro atoms. The van der Waals surface area contributed by atoms with Gasteiger partial charge in [-0.1, -0.05) is 12.1 Å². The molecule has 4 rings (SSSR count). The number of nitrogens with one attached hydrogen (secondary N) is 2. The lowest BCUT2D eigenvalue weighted by molar-refractivity contribution is -0.143. The van der Waals surface area contributed by atoms with Crippen LogP contribution >= 0.6 is 0 Å². The van der Waals surface area contributed by atoms with E-state index in [1.54, 1.807) is 6.07 Å². The van der Waals surface area contributed by atoms with E-state index in [9.17, 15) is 35.9 Å². The molecule has 1 saturated heterocycles. The largest absolute Gasteiger partial charge is 0.416 e. The van der Waals surface area contributed by atoms with Gasteiger partial charge in [0.2, 0.25) is 5.91 Å². The number of hydrogen-bond acceptors (Lipinski definition) is 2. The van der Waals surface area contributed by atoms with Crippen LogP contribution in [0.4, 0.5) is 26.3 Å². The SMILES string of the molecule is O=C1CC[C@H](/C=C(\c2cc(C(F)(F)F)cc(C(F)(F)F)c2)c2ccc(C3CC3)c(=O)[nH]2)N1. The van der Waals surface area contributed by atoms with Crippen LogP contribution in [-0.4, -0.2) is 16.9 Å². The number of carbonyl (C=O) groups is 1. The van der Waals surface area contributed by atoms with Gasteiger partial charge in [0.25, 0.3) is 5.56 Å². The zero-order valence-electron chi connectivity index (χ0n) is 16.5. The third-order valence-corrected chi connectivity index (χ3v) is 5.54. The Labute approximate surface area is 178 Å². The van der Waals surface area contributed by atoms with Crippen LogP contribution in [0, 0.1) is 0 Å². The van der Waals surface area contributed by atoms with E-state index in [0.29, 0.717) is 24.1 Å². The van der Waals surface area contributed by atoms with Crippen LogP contribution in [0.25, 0.3) is 5.57 Å². The topological polar surface area (TPSA) is 62.0 Å². The van der Waals surface area contributed by atoms with Crippen LogP contribution in [0.15, 0.2) is 41.2 Å². The maximum Gasteiger partial charge on any atom is 0.416 e. The molecule has 2 fully saturated rings. The first-order valence-corrected chi connectivity index (χ1v) is 9.96. The molecule has 1 atom stereocenters. The molecule has 0 radical (unpaired) electrons. The Morgan fingerprint density at radius 2 is 1.53 bits per heavy atom. The molecule has 0 bridgehead atoms. The fourth-order valence-electron chi connectivity index (χ4n) is 3.77. The minimum absolute atomic E-state index is 0.0201. The maximum atomic E-state index is 13.4. The number of amides is 1. The number of alkyl halides is 6. The number of H-pyrrole nitrogens is 1. The third kappa shape index (κ3) is 4.73. The summed E-state index contributed by atoms with van der Waals surface area (Å²) in [6, 6.07) is 3.72. The Morgan fingerprint density at radius 3 is 2.00 bits per heavy atom. The molecule has 10 heteroatoms. The highest BCUT2D eigenvalue weighted by molar-refractivity contribution is 5.82. The number of halogens is 6. The van der Waals surface area contributed by atoms with Crippen molar-refractivity contribution in [2.75, 3.05) is 0 Å². The van der Waals surface area contributed by atoms with Gasteiger partial charge in [-0.05, 0) is 55.0 Å². The number of aromatic amines is 1. The summed E-state index contributed by atoms with van der Waals surface area (Å²) >= 11 is 0. The van der Waals surface area contributed by atoms with E-state index in [1.165, 1.54) is 12.1 Å². The van der Waals surface area contributed by atoms with E-state index in [-0.39, 0.29) is 41.1 Å². The molecule has 4 nitrogen and oxygen atoms in total. The van der Waals surface area contributed by atoms with Gasteiger partial charge in [0, 0.05) is 29.3 Å². The van der Waals surface area contributed by atoms with Crippen molar-refractivity contribution >= 4 is 11.5 Å². The van der Waals surface area contributed by atoms with Crippen LogP contribution in [0.2, 0.25) is 0 Å². The molecule has 2 aromatic rings. The number of pyridine rings is 1. The van der Waals surface area contributed by atoms with Crippen LogP contribution < -0.4 is 10.9 Å². The monoisotopic (exact) mass is 456 g/mol. The molecule has 1 aromatic carbocycles. The summed E-state index contributed by atoms with van der Waals surface area (Å²) in [7, 11) is 0. The average Bonchev–Trinajstić information content (AvgIpc) is 3.45. The molecular weight excluding hydrogens is 438 g/mol. The minimum Gasteiger partial charge on any atom is -0.350 e. The number of hydrogen-bond donors (Lipinski definition) is 2. The number of benzene rings is 1. The fraction of sp³-hybridized carbons (Fsp3) is 0.364. The Kier molecular flexibility index (Phi) is 5.42. The van der Waals surface area contributed by atoms with Gasteiger partial charge in [0.05, 0.1) is 11.1 Å². The lowest BCUT2D eigenvalue weighted by Crippen LogP contribution is -2.24. The van der Waals surface area contributed by atoms with Crippen molar-refractivity contribution in [3.8, 4) is 0 Å². The highest BCUT2D eigenvalue weighted by atomic mass is 19.4. The predicted octanol–water partition coefficient (Wildman–Crippen LogP) is 5.00. The number of aromatic nitrogens is 1. The predicted molar refractivity (Wildman–Crippen MR) is 104 cm³/mol. The summed E-state index contributed by atoms with van der Waals surface area (Å²) < 4.78 is 80.2. The first-order chi connectivity index (χ1) is 14.9. The van der Waals surface area contributed by atoms with Crippen molar-refractivity contribution in [1.82, 2.24) is 10.3 Å². The van der Waals surface area contributed by atoms with E-state index >= 15 is 0 Å². The van der Waals surface area contributed by atoms with Crippen LogP contribution in [0.3, 0.4) is 0 Å². The summed E-state index contributed by atoms with van der Waals surface area (Å²) in [4.78, 5) is 26.6. The van der Waals surface area contributed by atoms with Gasteiger partial charge in [-0.15, -0.1) is 0 Å². The van der Waals surface area contributed by atoms with Gasteiger partial charge in [-0.3, -0.25) is 9.59 Å². The molecule has 1 aromatic heterocycles. The molecule has 1 aliphatic heterocycles. The Bertz CT molecular complexity index is 1110. The summed E-state index contributed by atoms with van der Waals surface area (Å²) in [6.45, 7) is 0. The van der Waals surface area contributed by atoms with E-state index in [0.717, 1.165) is 12.8 Å².